The van der Waals surface area contributed by atoms with Crippen molar-refractivity contribution in [3.05, 3.63) is 64.7 Å². The molecule has 29 heavy (non-hydrogen) atoms. The second-order valence-electron chi connectivity index (χ2n) is 8.08. The molecule has 0 atom stereocenters. The molecule has 156 valence electrons. The molecule has 0 N–H and O–H groups in total. The van der Waals surface area contributed by atoms with Crippen molar-refractivity contribution in [1.82, 2.24) is 14.7 Å². The maximum absolute atomic E-state index is 12.7. The quantitative estimate of drug-likeness (QED) is 0.722. The predicted octanol–water partition coefficient (Wildman–Crippen LogP) is 3.09. The van der Waals surface area contributed by atoms with Gasteiger partial charge in [-0.1, -0.05) is 35.9 Å². The minimum absolute atomic E-state index is 0.188. The monoisotopic (exact) mass is 395 g/mol. The number of nitrogens with zero attached hydrogens (tertiary/aromatic N) is 3. The summed E-state index contributed by atoms with van der Waals surface area (Å²) >= 11 is 0. The fraction of sp³-hybridized carbons (Fsp3) is 0.458. The van der Waals surface area contributed by atoms with E-state index in [2.05, 4.69) is 54.0 Å². The van der Waals surface area contributed by atoms with E-state index >= 15 is 0 Å². The van der Waals surface area contributed by atoms with Gasteiger partial charge in [0.15, 0.2) is 0 Å². The zero-order valence-electron chi connectivity index (χ0n) is 18.1. The Kier molecular flexibility index (Phi) is 7.29. The SMILES string of the molecule is COc1ccc(CN2CCN(CC(=O)N(C)Cc3ccc(C)cc3C)CC2)cc1. The van der Waals surface area contributed by atoms with E-state index in [9.17, 15) is 4.79 Å². The van der Waals surface area contributed by atoms with E-state index in [4.69, 9.17) is 4.74 Å². The van der Waals surface area contributed by atoms with Crippen molar-refractivity contribution < 1.29 is 9.53 Å². The van der Waals surface area contributed by atoms with Crippen molar-refractivity contribution in [2.75, 3.05) is 46.9 Å². The van der Waals surface area contributed by atoms with Crippen molar-refractivity contribution in [2.24, 2.45) is 0 Å². The fourth-order valence-electron chi connectivity index (χ4n) is 3.77. The second-order valence-corrected chi connectivity index (χ2v) is 8.08. The second kappa shape index (κ2) is 9.90. The molecule has 0 aliphatic carbocycles. The molecule has 1 fully saturated rings. The lowest BCUT2D eigenvalue weighted by Gasteiger charge is -2.35. The number of hydrogen-bond acceptors (Lipinski definition) is 4. The molecule has 0 aromatic heterocycles. The van der Waals surface area contributed by atoms with Gasteiger partial charge in [-0.05, 0) is 42.7 Å². The first-order valence-electron chi connectivity index (χ1n) is 10.3. The van der Waals surface area contributed by atoms with Gasteiger partial charge in [-0.25, -0.2) is 0 Å². The van der Waals surface area contributed by atoms with Crippen molar-refractivity contribution in [1.29, 1.82) is 0 Å². The van der Waals surface area contributed by atoms with E-state index in [0.717, 1.165) is 38.5 Å². The van der Waals surface area contributed by atoms with Crippen LogP contribution in [0.1, 0.15) is 22.3 Å². The van der Waals surface area contributed by atoms with Crippen molar-refractivity contribution in [2.45, 2.75) is 26.9 Å². The normalized spacial score (nSPS) is 15.3. The molecule has 0 saturated carbocycles. The fourth-order valence-corrected chi connectivity index (χ4v) is 3.77. The molecule has 1 heterocycles. The molecule has 2 aromatic rings. The maximum Gasteiger partial charge on any atom is 0.236 e. The number of benzene rings is 2. The molecular weight excluding hydrogens is 362 g/mol. The Hall–Kier alpha value is -2.37. The highest BCUT2D eigenvalue weighted by atomic mass is 16.5. The van der Waals surface area contributed by atoms with Crippen LogP contribution in [-0.2, 0) is 17.9 Å². The van der Waals surface area contributed by atoms with Gasteiger partial charge in [0.05, 0.1) is 13.7 Å². The molecule has 3 rings (SSSR count). The number of piperazine rings is 1. The lowest BCUT2D eigenvalue weighted by molar-refractivity contribution is -0.132. The topological polar surface area (TPSA) is 36.0 Å². The molecular formula is C24H33N3O2. The van der Waals surface area contributed by atoms with Crippen LogP contribution in [0.25, 0.3) is 0 Å². The van der Waals surface area contributed by atoms with Crippen LogP contribution in [0.5, 0.6) is 5.75 Å². The Morgan fingerprint density at radius 2 is 1.66 bits per heavy atom. The molecule has 1 aliphatic heterocycles. The zero-order valence-corrected chi connectivity index (χ0v) is 18.1. The highest BCUT2D eigenvalue weighted by Crippen LogP contribution is 2.15. The summed E-state index contributed by atoms with van der Waals surface area (Å²) in [5.41, 5.74) is 5.02. The highest BCUT2D eigenvalue weighted by Gasteiger charge is 2.21. The summed E-state index contributed by atoms with van der Waals surface area (Å²) in [7, 11) is 3.59. The number of aryl methyl sites for hydroxylation is 2. The van der Waals surface area contributed by atoms with Crippen LogP contribution < -0.4 is 4.74 Å². The van der Waals surface area contributed by atoms with Crippen molar-refractivity contribution in [3.8, 4) is 5.75 Å². The zero-order chi connectivity index (χ0) is 20.8. The van der Waals surface area contributed by atoms with Gasteiger partial charge in [0.2, 0.25) is 5.91 Å². The molecule has 2 aromatic carbocycles. The van der Waals surface area contributed by atoms with Gasteiger partial charge in [0, 0.05) is 46.3 Å². The average Bonchev–Trinajstić information content (AvgIpc) is 2.72. The van der Waals surface area contributed by atoms with Crippen LogP contribution in [0, 0.1) is 13.8 Å². The van der Waals surface area contributed by atoms with Crippen LogP contribution in [0.3, 0.4) is 0 Å². The van der Waals surface area contributed by atoms with Crippen LogP contribution in [0.4, 0.5) is 0 Å². The van der Waals surface area contributed by atoms with Crippen LogP contribution in [0.2, 0.25) is 0 Å². The Balaban J connectivity index is 1.43. The number of likely N-dealkylation sites (N-methyl/N-ethyl adjacent to an activating group) is 1. The van der Waals surface area contributed by atoms with Gasteiger partial charge in [-0.15, -0.1) is 0 Å². The molecule has 1 amide bonds. The lowest BCUT2D eigenvalue weighted by Crippen LogP contribution is -2.49. The Bertz CT molecular complexity index is 811. The molecule has 0 radical (unpaired) electrons. The van der Waals surface area contributed by atoms with Crippen LogP contribution in [0.15, 0.2) is 42.5 Å². The number of carbonyl (C=O) groups excluding carboxylic acids is 1. The van der Waals surface area contributed by atoms with Gasteiger partial charge >= 0.3 is 0 Å². The van der Waals surface area contributed by atoms with Gasteiger partial charge in [0.1, 0.15) is 5.75 Å². The highest BCUT2D eigenvalue weighted by molar-refractivity contribution is 5.78. The average molecular weight is 396 g/mol. The predicted molar refractivity (Wildman–Crippen MR) is 117 cm³/mol. The molecule has 0 spiro atoms. The number of methoxy groups -OCH3 is 1. The molecule has 5 heteroatoms. The standard InChI is InChI=1S/C24H33N3O2/c1-19-5-8-22(20(2)15-19)17-25(3)24(28)18-27-13-11-26(12-14-27)16-21-6-9-23(29-4)10-7-21/h5-10,15H,11-14,16-18H2,1-4H3. The van der Waals surface area contributed by atoms with E-state index in [0.29, 0.717) is 13.1 Å². The van der Waals surface area contributed by atoms with E-state index < -0.39 is 0 Å². The minimum Gasteiger partial charge on any atom is -0.497 e. The Labute approximate surface area is 174 Å². The first-order chi connectivity index (χ1) is 13.9. The molecule has 0 bridgehead atoms. The molecule has 1 saturated heterocycles. The first kappa shape index (κ1) is 21.3. The third-order valence-corrected chi connectivity index (χ3v) is 5.72. The van der Waals surface area contributed by atoms with Gasteiger partial charge in [-0.2, -0.15) is 0 Å². The number of rotatable bonds is 7. The lowest BCUT2D eigenvalue weighted by atomic mass is 10.1. The number of amides is 1. The molecule has 0 unspecified atom stereocenters. The summed E-state index contributed by atoms with van der Waals surface area (Å²) in [6, 6.07) is 14.7. The Morgan fingerprint density at radius 1 is 1.00 bits per heavy atom. The third kappa shape index (κ3) is 6.05. The maximum atomic E-state index is 12.7. The molecule has 5 nitrogen and oxygen atoms in total. The number of ether oxygens (including phenoxy) is 1. The Morgan fingerprint density at radius 3 is 2.28 bits per heavy atom. The van der Waals surface area contributed by atoms with E-state index in [1.165, 1.54) is 22.3 Å². The summed E-state index contributed by atoms with van der Waals surface area (Å²) in [6.45, 7) is 10.2. The van der Waals surface area contributed by atoms with E-state index in [1.54, 1.807) is 7.11 Å². The summed E-state index contributed by atoms with van der Waals surface area (Å²) in [5.74, 6) is 1.08. The van der Waals surface area contributed by atoms with Gasteiger partial charge in [0.25, 0.3) is 0 Å². The van der Waals surface area contributed by atoms with Crippen molar-refractivity contribution >= 4 is 5.91 Å². The van der Waals surface area contributed by atoms with E-state index in [1.807, 2.05) is 24.1 Å². The third-order valence-electron chi connectivity index (χ3n) is 5.72. The van der Waals surface area contributed by atoms with Crippen LogP contribution in [-0.4, -0.2) is 67.5 Å². The van der Waals surface area contributed by atoms with Crippen LogP contribution >= 0.6 is 0 Å². The smallest absolute Gasteiger partial charge is 0.236 e. The van der Waals surface area contributed by atoms with E-state index in [-0.39, 0.29) is 5.91 Å². The first-order valence-corrected chi connectivity index (χ1v) is 10.3. The number of hydrogen-bond donors (Lipinski definition) is 0. The minimum atomic E-state index is 0.188. The number of carbonyl (C=O) groups is 1. The van der Waals surface area contributed by atoms with Gasteiger partial charge in [-0.3, -0.25) is 14.6 Å². The summed E-state index contributed by atoms with van der Waals surface area (Å²) in [6.07, 6.45) is 0. The van der Waals surface area contributed by atoms with Crippen molar-refractivity contribution in [3.63, 3.8) is 0 Å². The summed E-state index contributed by atoms with van der Waals surface area (Å²) in [4.78, 5) is 19.2. The van der Waals surface area contributed by atoms with Gasteiger partial charge < -0.3 is 9.64 Å². The summed E-state index contributed by atoms with van der Waals surface area (Å²) < 4.78 is 5.22. The molecule has 1 aliphatic rings. The summed E-state index contributed by atoms with van der Waals surface area (Å²) in [5, 5.41) is 0. The largest absolute Gasteiger partial charge is 0.497 e.